The van der Waals surface area contributed by atoms with Gasteiger partial charge >= 0.3 is 0 Å². The van der Waals surface area contributed by atoms with E-state index in [9.17, 15) is 4.39 Å². The zero-order chi connectivity index (χ0) is 10.2. The summed E-state index contributed by atoms with van der Waals surface area (Å²) in [5.74, 6) is 0.607. The first-order valence-corrected chi connectivity index (χ1v) is 5.37. The van der Waals surface area contributed by atoms with Crippen LogP contribution in [-0.4, -0.2) is 0 Å². The van der Waals surface area contributed by atoms with Gasteiger partial charge in [-0.05, 0) is 48.3 Å². The first kappa shape index (κ1) is 9.70. The lowest BCUT2D eigenvalue weighted by atomic mass is 9.86. The van der Waals surface area contributed by atoms with Gasteiger partial charge in [-0.3, -0.25) is 0 Å². The molecule has 0 saturated heterocycles. The summed E-state index contributed by atoms with van der Waals surface area (Å²) in [6.45, 7) is 4.58. The molecule has 1 aliphatic carbocycles. The maximum Gasteiger partial charge on any atom is 0.123 e. The van der Waals surface area contributed by atoms with E-state index in [2.05, 4.69) is 13.8 Å². The predicted octanol–water partition coefficient (Wildman–Crippen LogP) is 3.80. The fourth-order valence-electron chi connectivity index (χ4n) is 2.13. The quantitative estimate of drug-likeness (QED) is 0.683. The Labute approximate surface area is 85.1 Å². The van der Waals surface area contributed by atoms with Gasteiger partial charge in [0.05, 0.1) is 0 Å². The summed E-state index contributed by atoms with van der Waals surface area (Å²) in [6.07, 6.45) is 3.79. The van der Waals surface area contributed by atoms with Gasteiger partial charge in [-0.2, -0.15) is 0 Å². The van der Waals surface area contributed by atoms with Crippen molar-refractivity contribution >= 4 is 0 Å². The van der Waals surface area contributed by atoms with Crippen LogP contribution >= 0.6 is 0 Å². The third-order valence-electron chi connectivity index (χ3n) is 3.59. The molecular formula is C13H17F. The van der Waals surface area contributed by atoms with Gasteiger partial charge in [-0.15, -0.1) is 0 Å². The number of hydrogen-bond donors (Lipinski definition) is 0. The molecule has 0 heterocycles. The topological polar surface area (TPSA) is 0 Å². The molecule has 0 amide bonds. The lowest BCUT2D eigenvalue weighted by Crippen LogP contribution is -2.12. The van der Waals surface area contributed by atoms with Gasteiger partial charge in [0.1, 0.15) is 5.82 Å². The lowest BCUT2D eigenvalue weighted by Gasteiger charge is -2.19. The standard InChI is InChI=1S/C13H17F/c1-10(2)13(7-8-13)9-11-3-5-12(14)6-4-11/h3-6,10H,7-9H2,1-2H3. The Kier molecular flexibility index (Phi) is 2.34. The fourth-order valence-corrected chi connectivity index (χ4v) is 2.13. The van der Waals surface area contributed by atoms with E-state index in [0.717, 1.165) is 12.3 Å². The Morgan fingerprint density at radius 2 is 1.79 bits per heavy atom. The predicted molar refractivity (Wildman–Crippen MR) is 56.6 cm³/mol. The van der Waals surface area contributed by atoms with Crippen LogP contribution in [-0.2, 0) is 6.42 Å². The Bertz CT molecular complexity index is 307. The van der Waals surface area contributed by atoms with E-state index >= 15 is 0 Å². The van der Waals surface area contributed by atoms with E-state index < -0.39 is 0 Å². The van der Waals surface area contributed by atoms with Crippen molar-refractivity contribution in [3.8, 4) is 0 Å². The average Bonchev–Trinajstić information content (AvgIpc) is 2.90. The highest BCUT2D eigenvalue weighted by Gasteiger charge is 2.44. The van der Waals surface area contributed by atoms with Crippen LogP contribution in [0, 0.1) is 17.2 Å². The molecule has 1 heteroatoms. The normalized spacial score (nSPS) is 18.6. The van der Waals surface area contributed by atoms with Crippen molar-refractivity contribution in [1.29, 1.82) is 0 Å². The number of rotatable bonds is 3. The highest BCUT2D eigenvalue weighted by molar-refractivity contribution is 5.19. The van der Waals surface area contributed by atoms with Crippen LogP contribution in [0.1, 0.15) is 32.3 Å². The fraction of sp³-hybridized carbons (Fsp3) is 0.538. The van der Waals surface area contributed by atoms with Crippen LogP contribution in [0.4, 0.5) is 4.39 Å². The number of hydrogen-bond acceptors (Lipinski definition) is 0. The molecule has 1 saturated carbocycles. The third kappa shape index (κ3) is 1.82. The molecule has 0 atom stereocenters. The van der Waals surface area contributed by atoms with Crippen molar-refractivity contribution in [2.24, 2.45) is 11.3 Å². The van der Waals surface area contributed by atoms with Gasteiger partial charge < -0.3 is 0 Å². The van der Waals surface area contributed by atoms with E-state index in [-0.39, 0.29) is 5.82 Å². The van der Waals surface area contributed by atoms with Gasteiger partial charge in [-0.1, -0.05) is 26.0 Å². The second-order valence-corrected chi connectivity index (χ2v) is 4.82. The Morgan fingerprint density at radius 1 is 1.21 bits per heavy atom. The molecule has 1 aromatic rings. The van der Waals surface area contributed by atoms with Gasteiger partial charge in [-0.25, -0.2) is 4.39 Å². The second kappa shape index (κ2) is 3.38. The monoisotopic (exact) mass is 192 g/mol. The van der Waals surface area contributed by atoms with E-state index in [0.29, 0.717) is 5.41 Å². The summed E-state index contributed by atoms with van der Waals surface area (Å²) in [7, 11) is 0. The van der Waals surface area contributed by atoms with E-state index in [1.54, 1.807) is 12.1 Å². The summed E-state index contributed by atoms with van der Waals surface area (Å²) in [5.41, 5.74) is 1.80. The molecule has 0 nitrogen and oxygen atoms in total. The maximum absolute atomic E-state index is 12.7. The van der Waals surface area contributed by atoms with Crippen molar-refractivity contribution in [3.63, 3.8) is 0 Å². The van der Waals surface area contributed by atoms with Crippen molar-refractivity contribution < 1.29 is 4.39 Å². The minimum atomic E-state index is -0.136. The SMILES string of the molecule is CC(C)C1(Cc2ccc(F)cc2)CC1. The van der Waals surface area contributed by atoms with Crippen molar-refractivity contribution in [3.05, 3.63) is 35.6 Å². The molecule has 0 aromatic heterocycles. The Hall–Kier alpha value is -0.850. The summed E-state index contributed by atoms with van der Waals surface area (Å²) in [6, 6.07) is 6.95. The number of benzene rings is 1. The highest BCUT2D eigenvalue weighted by atomic mass is 19.1. The summed E-state index contributed by atoms with van der Waals surface area (Å²) < 4.78 is 12.7. The lowest BCUT2D eigenvalue weighted by molar-refractivity contribution is 0.357. The van der Waals surface area contributed by atoms with Crippen LogP contribution in [0.15, 0.2) is 24.3 Å². The maximum atomic E-state index is 12.7. The van der Waals surface area contributed by atoms with Crippen molar-refractivity contribution in [1.82, 2.24) is 0 Å². The molecule has 1 fully saturated rings. The molecule has 0 N–H and O–H groups in total. The molecule has 0 bridgehead atoms. The first-order valence-electron chi connectivity index (χ1n) is 5.37. The van der Waals surface area contributed by atoms with Crippen LogP contribution in [0.25, 0.3) is 0 Å². The minimum Gasteiger partial charge on any atom is -0.207 e. The number of halogens is 1. The molecule has 1 aromatic carbocycles. The van der Waals surface area contributed by atoms with Crippen LogP contribution in [0.5, 0.6) is 0 Å². The molecular weight excluding hydrogens is 175 g/mol. The molecule has 1 aliphatic rings. The van der Waals surface area contributed by atoms with Crippen LogP contribution in [0.2, 0.25) is 0 Å². The Morgan fingerprint density at radius 3 is 2.21 bits per heavy atom. The molecule has 0 unspecified atom stereocenters. The van der Waals surface area contributed by atoms with Crippen LogP contribution in [0.3, 0.4) is 0 Å². The zero-order valence-corrected chi connectivity index (χ0v) is 8.89. The van der Waals surface area contributed by atoms with E-state index in [1.807, 2.05) is 12.1 Å². The molecule has 0 aliphatic heterocycles. The van der Waals surface area contributed by atoms with Crippen molar-refractivity contribution in [2.45, 2.75) is 33.1 Å². The second-order valence-electron chi connectivity index (χ2n) is 4.82. The minimum absolute atomic E-state index is 0.136. The zero-order valence-electron chi connectivity index (χ0n) is 8.89. The van der Waals surface area contributed by atoms with E-state index in [4.69, 9.17) is 0 Å². The molecule has 0 radical (unpaired) electrons. The molecule has 0 spiro atoms. The summed E-state index contributed by atoms with van der Waals surface area (Å²) >= 11 is 0. The van der Waals surface area contributed by atoms with E-state index in [1.165, 1.54) is 18.4 Å². The third-order valence-corrected chi connectivity index (χ3v) is 3.59. The first-order chi connectivity index (χ1) is 6.62. The Balaban J connectivity index is 2.08. The van der Waals surface area contributed by atoms with Crippen LogP contribution < -0.4 is 0 Å². The highest BCUT2D eigenvalue weighted by Crippen LogP contribution is 2.54. The van der Waals surface area contributed by atoms with Crippen molar-refractivity contribution in [2.75, 3.05) is 0 Å². The summed E-state index contributed by atoms with van der Waals surface area (Å²) in [5, 5.41) is 0. The largest absolute Gasteiger partial charge is 0.207 e. The molecule has 2 rings (SSSR count). The van der Waals surface area contributed by atoms with Gasteiger partial charge in [0.25, 0.3) is 0 Å². The van der Waals surface area contributed by atoms with Gasteiger partial charge in [0.2, 0.25) is 0 Å². The van der Waals surface area contributed by atoms with Gasteiger partial charge in [0, 0.05) is 0 Å². The molecule has 76 valence electrons. The average molecular weight is 192 g/mol. The smallest absolute Gasteiger partial charge is 0.123 e. The summed E-state index contributed by atoms with van der Waals surface area (Å²) in [4.78, 5) is 0. The molecule has 14 heavy (non-hydrogen) atoms. The van der Waals surface area contributed by atoms with Gasteiger partial charge in [0.15, 0.2) is 0 Å².